The molecule has 0 spiro atoms. The van der Waals surface area contributed by atoms with Crippen LogP contribution in [0, 0.1) is 0 Å². The number of aliphatic hydroxyl groups is 1. The fourth-order valence-corrected chi connectivity index (χ4v) is 3.94. The van der Waals surface area contributed by atoms with E-state index in [0.717, 1.165) is 6.42 Å². The topological polar surface area (TPSA) is 96.3 Å². The Kier molecular flexibility index (Phi) is 6.54. The number of benzene rings is 3. The summed E-state index contributed by atoms with van der Waals surface area (Å²) in [5, 5.41) is 21.0. The number of carbonyl (C=O) groups excluding carboxylic acids is 2. The summed E-state index contributed by atoms with van der Waals surface area (Å²) in [6, 6.07) is 18.8. The third-order valence-corrected chi connectivity index (χ3v) is 5.57. The lowest BCUT2D eigenvalue weighted by molar-refractivity contribution is -0.132. The van der Waals surface area contributed by atoms with Crippen LogP contribution in [0.2, 0.25) is 0 Å². The monoisotopic (exact) mass is 459 g/mol. The van der Waals surface area contributed by atoms with E-state index < -0.39 is 17.7 Å². The first-order valence-electron chi connectivity index (χ1n) is 10.9. The van der Waals surface area contributed by atoms with E-state index in [0.29, 0.717) is 34.9 Å². The Morgan fingerprint density at radius 1 is 0.971 bits per heavy atom. The minimum Gasteiger partial charge on any atom is -0.508 e. The van der Waals surface area contributed by atoms with Gasteiger partial charge < -0.3 is 19.7 Å². The van der Waals surface area contributed by atoms with Crippen molar-refractivity contribution in [3.05, 3.63) is 89.5 Å². The van der Waals surface area contributed by atoms with Gasteiger partial charge in [0.1, 0.15) is 23.0 Å². The number of hydrogen-bond donors (Lipinski definition) is 2. The number of carbonyl (C=O) groups is 2. The average Bonchev–Trinajstić information content (AvgIpc) is 3.13. The van der Waals surface area contributed by atoms with Crippen LogP contribution in [-0.2, 0) is 9.59 Å². The van der Waals surface area contributed by atoms with Crippen molar-refractivity contribution >= 4 is 23.1 Å². The lowest BCUT2D eigenvalue weighted by Gasteiger charge is -2.25. The van der Waals surface area contributed by atoms with Crippen molar-refractivity contribution in [2.45, 2.75) is 19.4 Å². The van der Waals surface area contributed by atoms with E-state index in [4.69, 9.17) is 9.47 Å². The average molecular weight is 459 g/mol. The molecule has 4 rings (SSSR count). The van der Waals surface area contributed by atoms with Gasteiger partial charge in [-0.2, -0.15) is 0 Å². The van der Waals surface area contributed by atoms with Crippen molar-refractivity contribution in [1.82, 2.24) is 0 Å². The van der Waals surface area contributed by atoms with Gasteiger partial charge in [0, 0.05) is 17.3 Å². The maximum absolute atomic E-state index is 13.2. The fraction of sp³-hybridized carbons (Fsp3) is 0.185. The van der Waals surface area contributed by atoms with Crippen LogP contribution in [0.15, 0.2) is 78.4 Å². The summed E-state index contributed by atoms with van der Waals surface area (Å²) in [5.74, 6) is -0.769. The molecule has 0 bridgehead atoms. The van der Waals surface area contributed by atoms with Gasteiger partial charge in [0.25, 0.3) is 11.7 Å². The van der Waals surface area contributed by atoms with Gasteiger partial charge in [-0.05, 0) is 48.4 Å². The molecule has 1 saturated heterocycles. The van der Waals surface area contributed by atoms with Crippen LogP contribution >= 0.6 is 0 Å². The Bertz CT molecular complexity index is 1250. The molecule has 0 saturated carbocycles. The molecular formula is C27H25NO6. The molecule has 3 aromatic rings. The molecule has 1 heterocycles. The normalized spacial score (nSPS) is 17.1. The summed E-state index contributed by atoms with van der Waals surface area (Å²) in [6.07, 6.45) is 0.822. The summed E-state index contributed by atoms with van der Waals surface area (Å²) >= 11 is 0. The van der Waals surface area contributed by atoms with E-state index in [9.17, 15) is 19.8 Å². The van der Waals surface area contributed by atoms with Crippen LogP contribution in [0.3, 0.4) is 0 Å². The molecular weight excluding hydrogens is 434 g/mol. The number of methoxy groups -OCH3 is 1. The van der Waals surface area contributed by atoms with Gasteiger partial charge >= 0.3 is 0 Å². The van der Waals surface area contributed by atoms with E-state index in [1.807, 2.05) is 6.92 Å². The molecule has 0 radical (unpaired) electrons. The lowest BCUT2D eigenvalue weighted by Crippen LogP contribution is -2.29. The number of nitrogens with zero attached hydrogens (tertiary/aromatic N) is 1. The van der Waals surface area contributed by atoms with Gasteiger partial charge in [0.15, 0.2) is 0 Å². The van der Waals surface area contributed by atoms with Crippen LogP contribution in [0.1, 0.15) is 30.5 Å². The second-order valence-electron chi connectivity index (χ2n) is 7.84. The quantitative estimate of drug-likeness (QED) is 0.299. The lowest BCUT2D eigenvalue weighted by atomic mass is 9.95. The van der Waals surface area contributed by atoms with Crippen molar-refractivity contribution in [1.29, 1.82) is 0 Å². The molecule has 1 aliphatic rings. The predicted molar refractivity (Wildman–Crippen MR) is 128 cm³/mol. The van der Waals surface area contributed by atoms with E-state index in [1.54, 1.807) is 60.7 Å². The highest BCUT2D eigenvalue weighted by Crippen LogP contribution is 2.43. The molecule has 7 heteroatoms. The van der Waals surface area contributed by atoms with E-state index in [2.05, 4.69) is 0 Å². The van der Waals surface area contributed by atoms with Crippen LogP contribution in [-0.4, -0.2) is 35.6 Å². The maximum atomic E-state index is 13.2. The molecule has 0 aromatic heterocycles. The summed E-state index contributed by atoms with van der Waals surface area (Å²) in [4.78, 5) is 27.8. The molecule has 1 fully saturated rings. The second kappa shape index (κ2) is 9.70. The summed E-state index contributed by atoms with van der Waals surface area (Å²) < 4.78 is 11.0. The third kappa shape index (κ3) is 4.32. The number of ketones is 1. The van der Waals surface area contributed by atoms with Crippen molar-refractivity contribution in [3.8, 4) is 17.2 Å². The third-order valence-electron chi connectivity index (χ3n) is 5.57. The summed E-state index contributed by atoms with van der Waals surface area (Å²) in [5.41, 5.74) is 1.31. The molecule has 1 amide bonds. The second-order valence-corrected chi connectivity index (χ2v) is 7.84. The minimum absolute atomic E-state index is 0.0443. The minimum atomic E-state index is -0.909. The summed E-state index contributed by atoms with van der Waals surface area (Å²) in [6.45, 7) is 2.50. The number of phenolic OH excluding ortho intramolecular Hbond substituents is 1. The first-order chi connectivity index (χ1) is 16.4. The smallest absolute Gasteiger partial charge is 0.300 e. The van der Waals surface area contributed by atoms with Crippen molar-refractivity contribution in [3.63, 3.8) is 0 Å². The molecule has 0 aliphatic carbocycles. The zero-order valence-electron chi connectivity index (χ0n) is 18.9. The molecule has 174 valence electrons. The van der Waals surface area contributed by atoms with Gasteiger partial charge in [0.05, 0.1) is 25.3 Å². The molecule has 3 aromatic carbocycles. The Morgan fingerprint density at radius 2 is 1.68 bits per heavy atom. The number of rotatable bonds is 7. The van der Waals surface area contributed by atoms with Gasteiger partial charge in [-0.15, -0.1) is 0 Å². The number of aliphatic hydroxyl groups excluding tert-OH is 1. The highest BCUT2D eigenvalue weighted by atomic mass is 16.5. The molecule has 2 N–H and O–H groups in total. The van der Waals surface area contributed by atoms with Crippen LogP contribution in [0.25, 0.3) is 5.76 Å². The van der Waals surface area contributed by atoms with Crippen molar-refractivity contribution < 1.29 is 29.3 Å². The van der Waals surface area contributed by atoms with Crippen LogP contribution < -0.4 is 14.4 Å². The van der Waals surface area contributed by atoms with Crippen LogP contribution in [0.5, 0.6) is 17.2 Å². The molecule has 7 nitrogen and oxygen atoms in total. The van der Waals surface area contributed by atoms with Gasteiger partial charge in [0.2, 0.25) is 0 Å². The number of phenols is 1. The van der Waals surface area contributed by atoms with E-state index in [-0.39, 0.29) is 17.1 Å². The Morgan fingerprint density at radius 3 is 2.38 bits per heavy atom. The van der Waals surface area contributed by atoms with Crippen LogP contribution in [0.4, 0.5) is 5.69 Å². The number of amides is 1. The largest absolute Gasteiger partial charge is 0.508 e. The highest BCUT2D eigenvalue weighted by molar-refractivity contribution is 6.51. The number of Topliss-reactive ketones (excluding diaryl/α,β-unsaturated/α-hetero) is 1. The van der Waals surface area contributed by atoms with Crippen molar-refractivity contribution in [2.24, 2.45) is 0 Å². The molecule has 1 unspecified atom stereocenters. The predicted octanol–water partition coefficient (Wildman–Crippen LogP) is 4.82. The van der Waals surface area contributed by atoms with Gasteiger partial charge in [-0.25, -0.2) is 0 Å². The molecule has 34 heavy (non-hydrogen) atoms. The van der Waals surface area contributed by atoms with E-state index in [1.165, 1.54) is 24.1 Å². The standard InChI is InChI=1S/C27H25NO6/c1-3-14-34-22-9-4-6-18(15-22)25(30)23-24(17-10-12-20(29)13-11-17)28(27(32)26(23)31)19-7-5-8-21(16-19)33-2/h4-13,15-16,24,29-30H,3,14H2,1-2H3/b25-23+. The fourth-order valence-electron chi connectivity index (χ4n) is 3.94. The zero-order valence-corrected chi connectivity index (χ0v) is 18.9. The Labute approximate surface area is 197 Å². The zero-order chi connectivity index (χ0) is 24.2. The number of hydrogen-bond acceptors (Lipinski definition) is 6. The highest BCUT2D eigenvalue weighted by Gasteiger charge is 2.47. The van der Waals surface area contributed by atoms with E-state index >= 15 is 0 Å². The Hall–Kier alpha value is -4.26. The maximum Gasteiger partial charge on any atom is 0.300 e. The number of ether oxygens (including phenoxy) is 2. The SMILES string of the molecule is CCCOc1cccc(/C(O)=C2\C(=O)C(=O)N(c3cccc(OC)c3)C2c2ccc(O)cc2)c1. The first-order valence-corrected chi connectivity index (χ1v) is 10.9. The molecule has 1 atom stereocenters. The van der Waals surface area contributed by atoms with Gasteiger partial charge in [-0.1, -0.05) is 37.3 Å². The first kappa shape index (κ1) is 22.9. The van der Waals surface area contributed by atoms with Crippen molar-refractivity contribution in [2.75, 3.05) is 18.6 Å². The number of aromatic hydroxyl groups is 1. The van der Waals surface area contributed by atoms with Gasteiger partial charge in [-0.3, -0.25) is 14.5 Å². The molecule has 1 aliphatic heterocycles. The summed E-state index contributed by atoms with van der Waals surface area (Å²) in [7, 11) is 1.51. The Balaban J connectivity index is 1.89. The number of anilines is 1.